The number of hydrogen-bond donors (Lipinski definition) is 1. The van der Waals surface area contributed by atoms with Crippen LogP contribution in [-0.2, 0) is 4.79 Å². The van der Waals surface area contributed by atoms with E-state index in [4.69, 9.17) is 0 Å². The Labute approximate surface area is 54.9 Å². The molecule has 0 amide bonds. The monoisotopic (exact) mass is 131 g/mol. The minimum absolute atomic E-state index is 0.0162. The van der Waals surface area contributed by atoms with Gasteiger partial charge in [0, 0.05) is 5.92 Å². The molecule has 0 spiro atoms. The molecular formula is C6H13NO2. The summed E-state index contributed by atoms with van der Waals surface area (Å²) >= 11 is 0. The molecule has 9 heavy (non-hydrogen) atoms. The summed E-state index contributed by atoms with van der Waals surface area (Å²) in [5.41, 5.74) is 2.56. The average molecular weight is 131 g/mol. The van der Waals surface area contributed by atoms with Crippen LogP contribution in [0.2, 0.25) is 0 Å². The van der Waals surface area contributed by atoms with E-state index in [1.54, 1.807) is 6.92 Å². The van der Waals surface area contributed by atoms with Gasteiger partial charge in [-0.15, -0.1) is 0 Å². The highest BCUT2D eigenvalue weighted by Crippen LogP contribution is 2.08. The molecule has 0 aromatic rings. The SMILES string of the molecule is CC(C)[C@@](C)([NH3+])C(=O)[O-]. The molecule has 3 N–H and O–H groups in total. The number of carboxylic acids is 1. The van der Waals surface area contributed by atoms with Crippen molar-refractivity contribution in [1.82, 2.24) is 0 Å². The number of aliphatic carboxylic acids is 1. The lowest BCUT2D eigenvalue weighted by molar-refractivity contribution is -0.491. The van der Waals surface area contributed by atoms with Crippen molar-refractivity contribution in [1.29, 1.82) is 0 Å². The molecule has 0 aliphatic heterocycles. The van der Waals surface area contributed by atoms with Crippen LogP contribution in [0.4, 0.5) is 0 Å². The van der Waals surface area contributed by atoms with Crippen LogP contribution in [0.3, 0.4) is 0 Å². The lowest BCUT2D eigenvalue weighted by atomic mass is 9.90. The van der Waals surface area contributed by atoms with Gasteiger partial charge in [0.15, 0.2) is 0 Å². The number of hydrogen-bond acceptors (Lipinski definition) is 2. The summed E-state index contributed by atoms with van der Waals surface area (Å²) in [5, 5.41) is 10.3. The molecule has 0 heterocycles. The number of carbonyl (C=O) groups is 1. The van der Waals surface area contributed by atoms with E-state index in [9.17, 15) is 9.90 Å². The lowest BCUT2D eigenvalue weighted by Crippen LogP contribution is -2.80. The van der Waals surface area contributed by atoms with E-state index in [2.05, 4.69) is 5.73 Å². The molecular weight excluding hydrogens is 118 g/mol. The molecule has 0 saturated heterocycles. The van der Waals surface area contributed by atoms with E-state index in [1.165, 1.54) is 0 Å². The molecule has 1 atom stereocenters. The van der Waals surface area contributed by atoms with Gasteiger partial charge in [-0.1, -0.05) is 13.8 Å². The third-order valence-corrected chi connectivity index (χ3v) is 1.74. The van der Waals surface area contributed by atoms with Gasteiger partial charge >= 0.3 is 0 Å². The maximum Gasteiger partial charge on any atom is 0.134 e. The van der Waals surface area contributed by atoms with Gasteiger partial charge in [0.2, 0.25) is 0 Å². The number of carboxylic acid groups (broad SMARTS) is 1. The van der Waals surface area contributed by atoms with Gasteiger partial charge in [-0.25, -0.2) is 0 Å². The van der Waals surface area contributed by atoms with E-state index in [-0.39, 0.29) is 5.92 Å². The topological polar surface area (TPSA) is 67.8 Å². The molecule has 3 nitrogen and oxygen atoms in total. The number of carbonyl (C=O) groups excluding carboxylic acids is 1. The van der Waals surface area contributed by atoms with Gasteiger partial charge in [-0.05, 0) is 6.92 Å². The Morgan fingerprint density at radius 1 is 1.67 bits per heavy atom. The van der Waals surface area contributed by atoms with Gasteiger partial charge in [0.25, 0.3) is 0 Å². The third-order valence-electron chi connectivity index (χ3n) is 1.74. The van der Waals surface area contributed by atoms with Crippen molar-refractivity contribution in [3.8, 4) is 0 Å². The molecule has 0 bridgehead atoms. The van der Waals surface area contributed by atoms with Crippen LogP contribution < -0.4 is 10.8 Å². The Balaban J connectivity index is 4.19. The predicted molar refractivity (Wildman–Crippen MR) is 31.1 cm³/mol. The Hall–Kier alpha value is -0.570. The second-order valence-corrected chi connectivity index (χ2v) is 2.86. The third kappa shape index (κ3) is 1.68. The summed E-state index contributed by atoms with van der Waals surface area (Å²) in [4.78, 5) is 10.3. The molecule has 0 aliphatic rings. The molecule has 0 aromatic carbocycles. The summed E-state index contributed by atoms with van der Waals surface area (Å²) in [7, 11) is 0. The predicted octanol–water partition coefficient (Wildman–Crippen LogP) is -1.61. The molecule has 0 unspecified atom stereocenters. The minimum atomic E-state index is -1.09. The quantitative estimate of drug-likeness (QED) is 0.490. The molecule has 0 saturated carbocycles. The molecule has 54 valence electrons. The fraction of sp³-hybridized carbons (Fsp3) is 0.833. The maximum absolute atomic E-state index is 10.3. The lowest BCUT2D eigenvalue weighted by Gasteiger charge is -2.25. The largest absolute Gasteiger partial charge is 0.544 e. The summed E-state index contributed by atoms with van der Waals surface area (Å²) in [6.45, 7) is 5.18. The van der Waals surface area contributed by atoms with Gasteiger partial charge in [0.05, 0.1) is 0 Å². The Bertz CT molecular complexity index is 118. The van der Waals surface area contributed by atoms with E-state index >= 15 is 0 Å². The molecule has 0 aromatic heterocycles. The van der Waals surface area contributed by atoms with Crippen molar-refractivity contribution < 1.29 is 15.6 Å². The molecule has 0 rings (SSSR count). The highest BCUT2D eigenvalue weighted by molar-refractivity contribution is 5.74. The van der Waals surface area contributed by atoms with Crippen LogP contribution in [0, 0.1) is 5.92 Å². The van der Waals surface area contributed by atoms with Crippen LogP contribution >= 0.6 is 0 Å². The van der Waals surface area contributed by atoms with E-state index in [1.807, 2.05) is 13.8 Å². The summed E-state index contributed by atoms with van der Waals surface area (Å²) < 4.78 is 0. The smallest absolute Gasteiger partial charge is 0.134 e. The second-order valence-electron chi connectivity index (χ2n) is 2.86. The first-order valence-electron chi connectivity index (χ1n) is 2.96. The molecule has 0 radical (unpaired) electrons. The fourth-order valence-electron chi connectivity index (χ4n) is 0.236. The number of quaternary nitrogens is 1. The zero-order chi connectivity index (χ0) is 7.65. The molecule has 0 fully saturated rings. The van der Waals surface area contributed by atoms with Crippen molar-refractivity contribution in [2.24, 2.45) is 5.92 Å². The summed E-state index contributed by atoms with van der Waals surface area (Å²) in [6, 6.07) is 0. The summed E-state index contributed by atoms with van der Waals surface area (Å²) in [6.07, 6.45) is 0. The van der Waals surface area contributed by atoms with Crippen LogP contribution in [0.25, 0.3) is 0 Å². The average Bonchev–Trinajstić information content (AvgIpc) is 1.65. The van der Waals surface area contributed by atoms with Crippen molar-refractivity contribution in [3.63, 3.8) is 0 Å². The minimum Gasteiger partial charge on any atom is -0.544 e. The number of rotatable bonds is 2. The van der Waals surface area contributed by atoms with Crippen LogP contribution in [0.15, 0.2) is 0 Å². The van der Waals surface area contributed by atoms with Crippen molar-refractivity contribution in [3.05, 3.63) is 0 Å². The van der Waals surface area contributed by atoms with Crippen molar-refractivity contribution >= 4 is 5.97 Å². The Kier molecular flexibility index (Phi) is 2.20. The fourth-order valence-corrected chi connectivity index (χ4v) is 0.236. The zero-order valence-corrected chi connectivity index (χ0v) is 6.10. The van der Waals surface area contributed by atoms with E-state index in [0.29, 0.717) is 0 Å². The van der Waals surface area contributed by atoms with Crippen LogP contribution in [-0.4, -0.2) is 11.5 Å². The van der Waals surface area contributed by atoms with Gasteiger partial charge in [-0.2, -0.15) is 0 Å². The normalized spacial score (nSPS) is 17.4. The van der Waals surface area contributed by atoms with Crippen LogP contribution in [0.5, 0.6) is 0 Å². The Morgan fingerprint density at radius 3 is 2.00 bits per heavy atom. The van der Waals surface area contributed by atoms with E-state index in [0.717, 1.165) is 0 Å². The van der Waals surface area contributed by atoms with Crippen molar-refractivity contribution in [2.45, 2.75) is 26.3 Å². The second kappa shape index (κ2) is 2.35. The Morgan fingerprint density at radius 2 is 2.00 bits per heavy atom. The first kappa shape index (κ1) is 8.43. The first-order valence-corrected chi connectivity index (χ1v) is 2.96. The highest BCUT2D eigenvalue weighted by Gasteiger charge is 2.28. The van der Waals surface area contributed by atoms with Crippen LogP contribution in [0.1, 0.15) is 20.8 Å². The van der Waals surface area contributed by atoms with Gasteiger partial charge < -0.3 is 15.6 Å². The van der Waals surface area contributed by atoms with Gasteiger partial charge in [-0.3, -0.25) is 0 Å². The zero-order valence-electron chi connectivity index (χ0n) is 6.10. The summed E-state index contributed by atoms with van der Waals surface area (Å²) in [5.74, 6) is -1.07. The van der Waals surface area contributed by atoms with Gasteiger partial charge in [0.1, 0.15) is 11.5 Å². The molecule has 3 heteroatoms. The molecule has 0 aliphatic carbocycles. The highest BCUT2D eigenvalue weighted by atomic mass is 16.4. The van der Waals surface area contributed by atoms with E-state index < -0.39 is 11.5 Å². The maximum atomic E-state index is 10.3. The van der Waals surface area contributed by atoms with Crippen molar-refractivity contribution in [2.75, 3.05) is 0 Å². The first-order chi connectivity index (χ1) is 3.89. The standard InChI is InChI=1S/C6H13NO2/c1-4(2)6(3,7)5(8)9/h4H,7H2,1-3H3,(H,8,9)/t6-/m1/s1.